The Bertz CT molecular complexity index is 599. The van der Waals surface area contributed by atoms with Gasteiger partial charge in [0.2, 0.25) is 0 Å². The standard InChI is InChI=1S/C15H19N3OS/c1-17(7-6-13-3-2-8-20-13)15(19)14-9-11(16)10-18(14)12-4-5-12/h2-3,8-10,12H,4-7,16H2,1H3. The van der Waals surface area contributed by atoms with Crippen molar-refractivity contribution in [2.75, 3.05) is 19.3 Å². The zero-order valence-electron chi connectivity index (χ0n) is 11.6. The molecule has 0 bridgehead atoms. The fourth-order valence-electron chi connectivity index (χ4n) is 2.36. The molecule has 3 rings (SSSR count). The number of aromatic nitrogens is 1. The Balaban J connectivity index is 1.68. The minimum Gasteiger partial charge on any atom is -0.397 e. The summed E-state index contributed by atoms with van der Waals surface area (Å²) in [6.07, 6.45) is 5.08. The predicted molar refractivity (Wildman–Crippen MR) is 82.1 cm³/mol. The van der Waals surface area contributed by atoms with E-state index in [-0.39, 0.29) is 5.91 Å². The maximum atomic E-state index is 12.5. The molecule has 1 aliphatic carbocycles. The van der Waals surface area contributed by atoms with Crippen LogP contribution in [0.4, 0.5) is 5.69 Å². The third kappa shape index (κ3) is 2.72. The molecule has 2 aromatic rings. The van der Waals surface area contributed by atoms with Gasteiger partial charge < -0.3 is 15.2 Å². The van der Waals surface area contributed by atoms with Gasteiger partial charge in [-0.2, -0.15) is 0 Å². The maximum absolute atomic E-state index is 12.5. The van der Waals surface area contributed by atoms with Gasteiger partial charge in [-0.05, 0) is 36.8 Å². The first-order chi connectivity index (χ1) is 9.65. The number of nitrogens with two attached hydrogens (primary N) is 1. The van der Waals surface area contributed by atoms with Gasteiger partial charge >= 0.3 is 0 Å². The molecule has 4 nitrogen and oxygen atoms in total. The van der Waals surface area contributed by atoms with E-state index in [0.717, 1.165) is 31.5 Å². The van der Waals surface area contributed by atoms with Crippen molar-refractivity contribution in [2.24, 2.45) is 0 Å². The second-order valence-electron chi connectivity index (χ2n) is 5.35. The SMILES string of the molecule is CN(CCc1cccs1)C(=O)c1cc(N)cn1C1CC1. The lowest BCUT2D eigenvalue weighted by molar-refractivity contribution is 0.0786. The van der Waals surface area contributed by atoms with Crippen molar-refractivity contribution >= 4 is 22.9 Å². The number of carbonyl (C=O) groups excluding carboxylic acids is 1. The third-order valence-corrected chi connectivity index (χ3v) is 4.59. The first-order valence-electron chi connectivity index (χ1n) is 6.90. The Labute approximate surface area is 122 Å². The first kappa shape index (κ1) is 13.2. The lowest BCUT2D eigenvalue weighted by Gasteiger charge is -2.18. The number of likely N-dealkylation sites (N-methyl/N-ethyl adjacent to an activating group) is 1. The molecule has 1 aliphatic rings. The van der Waals surface area contributed by atoms with Gasteiger partial charge in [0.25, 0.3) is 5.91 Å². The highest BCUT2D eigenvalue weighted by Crippen LogP contribution is 2.37. The van der Waals surface area contributed by atoms with Crippen molar-refractivity contribution in [3.8, 4) is 0 Å². The normalized spacial score (nSPS) is 14.4. The van der Waals surface area contributed by atoms with Crippen LogP contribution in [0.15, 0.2) is 29.8 Å². The molecular formula is C15H19N3OS. The smallest absolute Gasteiger partial charge is 0.270 e. The summed E-state index contributed by atoms with van der Waals surface area (Å²) in [6, 6.07) is 6.41. The Morgan fingerprint density at radius 3 is 3.00 bits per heavy atom. The highest BCUT2D eigenvalue weighted by Gasteiger charge is 2.28. The Morgan fingerprint density at radius 2 is 2.35 bits per heavy atom. The number of hydrogen-bond acceptors (Lipinski definition) is 3. The molecule has 0 unspecified atom stereocenters. The average Bonchev–Trinajstić information content (AvgIpc) is 3.00. The van der Waals surface area contributed by atoms with Gasteiger partial charge in [-0.3, -0.25) is 4.79 Å². The Hall–Kier alpha value is -1.75. The van der Waals surface area contributed by atoms with Crippen LogP contribution in [-0.4, -0.2) is 29.0 Å². The lowest BCUT2D eigenvalue weighted by atomic mass is 10.3. The van der Waals surface area contributed by atoms with E-state index in [9.17, 15) is 4.79 Å². The first-order valence-corrected chi connectivity index (χ1v) is 7.78. The van der Waals surface area contributed by atoms with E-state index in [1.54, 1.807) is 22.3 Å². The minimum absolute atomic E-state index is 0.0603. The highest BCUT2D eigenvalue weighted by molar-refractivity contribution is 7.09. The fraction of sp³-hybridized carbons (Fsp3) is 0.400. The van der Waals surface area contributed by atoms with Gasteiger partial charge in [0.05, 0.1) is 5.69 Å². The van der Waals surface area contributed by atoms with Gasteiger partial charge in [0.1, 0.15) is 5.69 Å². The number of anilines is 1. The highest BCUT2D eigenvalue weighted by atomic mass is 32.1. The summed E-state index contributed by atoms with van der Waals surface area (Å²) in [4.78, 5) is 15.6. The van der Waals surface area contributed by atoms with Crippen molar-refractivity contribution in [1.29, 1.82) is 0 Å². The number of rotatable bonds is 5. The van der Waals surface area contributed by atoms with Gasteiger partial charge in [0.15, 0.2) is 0 Å². The van der Waals surface area contributed by atoms with Crippen molar-refractivity contribution < 1.29 is 4.79 Å². The molecule has 1 fully saturated rings. The van der Waals surface area contributed by atoms with Crippen LogP contribution in [0.2, 0.25) is 0 Å². The molecule has 20 heavy (non-hydrogen) atoms. The summed E-state index contributed by atoms with van der Waals surface area (Å²) < 4.78 is 2.04. The molecule has 0 radical (unpaired) electrons. The number of nitrogen functional groups attached to an aromatic ring is 1. The topological polar surface area (TPSA) is 51.3 Å². The molecule has 106 valence electrons. The van der Waals surface area contributed by atoms with E-state index >= 15 is 0 Å². The molecule has 1 saturated carbocycles. The average molecular weight is 289 g/mol. The number of hydrogen-bond donors (Lipinski definition) is 1. The number of nitrogens with zero attached hydrogens (tertiary/aromatic N) is 2. The fourth-order valence-corrected chi connectivity index (χ4v) is 3.05. The van der Waals surface area contributed by atoms with Crippen LogP contribution in [0.1, 0.15) is 34.2 Å². The zero-order chi connectivity index (χ0) is 14.1. The van der Waals surface area contributed by atoms with E-state index in [0.29, 0.717) is 11.7 Å². The zero-order valence-corrected chi connectivity index (χ0v) is 12.4. The molecule has 0 aliphatic heterocycles. The summed E-state index contributed by atoms with van der Waals surface area (Å²) in [6.45, 7) is 0.731. The second-order valence-corrected chi connectivity index (χ2v) is 6.39. The van der Waals surface area contributed by atoms with Gasteiger partial charge in [-0.25, -0.2) is 0 Å². The van der Waals surface area contributed by atoms with E-state index in [1.165, 1.54) is 4.88 Å². The van der Waals surface area contributed by atoms with Crippen LogP contribution in [-0.2, 0) is 6.42 Å². The Morgan fingerprint density at radius 1 is 1.55 bits per heavy atom. The van der Waals surface area contributed by atoms with Crippen molar-refractivity contribution in [1.82, 2.24) is 9.47 Å². The largest absolute Gasteiger partial charge is 0.397 e. The molecule has 5 heteroatoms. The molecule has 0 aromatic carbocycles. The lowest BCUT2D eigenvalue weighted by Crippen LogP contribution is -2.30. The predicted octanol–water partition coefficient (Wildman–Crippen LogP) is 2.78. The monoisotopic (exact) mass is 289 g/mol. The van der Waals surface area contributed by atoms with E-state index < -0.39 is 0 Å². The van der Waals surface area contributed by atoms with E-state index in [2.05, 4.69) is 11.4 Å². The summed E-state index contributed by atoms with van der Waals surface area (Å²) in [5.41, 5.74) is 7.24. The number of thiophene rings is 1. The third-order valence-electron chi connectivity index (χ3n) is 3.65. The Kier molecular flexibility index (Phi) is 3.53. The van der Waals surface area contributed by atoms with Crippen molar-refractivity contribution in [3.63, 3.8) is 0 Å². The van der Waals surface area contributed by atoms with Crippen LogP contribution >= 0.6 is 11.3 Å². The summed E-state index contributed by atoms with van der Waals surface area (Å²) in [7, 11) is 1.86. The van der Waals surface area contributed by atoms with Crippen LogP contribution in [0, 0.1) is 0 Å². The van der Waals surface area contributed by atoms with Gasteiger partial charge in [0, 0.05) is 30.7 Å². The van der Waals surface area contributed by atoms with Crippen molar-refractivity contribution in [2.45, 2.75) is 25.3 Å². The summed E-state index contributed by atoms with van der Waals surface area (Å²) >= 11 is 1.73. The molecular weight excluding hydrogens is 270 g/mol. The molecule has 2 aromatic heterocycles. The van der Waals surface area contributed by atoms with Crippen LogP contribution < -0.4 is 5.73 Å². The molecule has 0 atom stereocenters. The molecule has 2 N–H and O–H groups in total. The van der Waals surface area contributed by atoms with E-state index in [4.69, 9.17) is 5.73 Å². The van der Waals surface area contributed by atoms with Gasteiger partial charge in [-0.1, -0.05) is 6.07 Å². The minimum atomic E-state index is 0.0603. The number of amides is 1. The summed E-state index contributed by atoms with van der Waals surface area (Å²) in [5.74, 6) is 0.0603. The van der Waals surface area contributed by atoms with Crippen LogP contribution in [0.25, 0.3) is 0 Å². The van der Waals surface area contributed by atoms with Crippen LogP contribution in [0.3, 0.4) is 0 Å². The molecule has 0 saturated heterocycles. The van der Waals surface area contributed by atoms with E-state index in [1.807, 2.05) is 23.9 Å². The second kappa shape index (κ2) is 5.32. The maximum Gasteiger partial charge on any atom is 0.270 e. The van der Waals surface area contributed by atoms with Crippen LogP contribution in [0.5, 0.6) is 0 Å². The quantitative estimate of drug-likeness (QED) is 0.920. The molecule has 2 heterocycles. The summed E-state index contributed by atoms with van der Waals surface area (Å²) in [5, 5.41) is 2.07. The molecule has 1 amide bonds. The van der Waals surface area contributed by atoms with Crippen molar-refractivity contribution in [3.05, 3.63) is 40.3 Å². The molecule has 0 spiro atoms. The van der Waals surface area contributed by atoms with Gasteiger partial charge in [-0.15, -0.1) is 11.3 Å². The number of carbonyl (C=O) groups is 1.